The first kappa shape index (κ1) is 28.5. The fourth-order valence-corrected chi connectivity index (χ4v) is 5.33. The summed E-state index contributed by atoms with van der Waals surface area (Å²) in [4.78, 5) is 4.85. The molecule has 0 N–H and O–H groups in total. The Labute approximate surface area is 195 Å². The van der Waals surface area contributed by atoms with E-state index in [1.807, 2.05) is 23.5 Å². The fourth-order valence-electron chi connectivity index (χ4n) is 2.69. The van der Waals surface area contributed by atoms with Gasteiger partial charge in [-0.25, -0.2) is 0 Å². The first-order valence-corrected chi connectivity index (χ1v) is 14.2. The summed E-state index contributed by atoms with van der Waals surface area (Å²) in [5.74, 6) is 2.27. The van der Waals surface area contributed by atoms with Crippen molar-refractivity contribution in [3.05, 3.63) is 0 Å². The Morgan fingerprint density at radius 2 is 0.821 bits per heavy atom. The molecule has 2 nitrogen and oxygen atoms in total. The Hall–Kier alpha value is 0.480. The van der Waals surface area contributed by atoms with Crippen molar-refractivity contribution >= 4 is 56.6 Å². The van der Waals surface area contributed by atoms with E-state index in [9.17, 15) is 0 Å². The second kappa shape index (κ2) is 20.7. The highest BCUT2D eigenvalue weighted by molar-refractivity contribution is 8.23. The third-order valence-electron chi connectivity index (χ3n) is 4.63. The second-order valence-electron chi connectivity index (χ2n) is 7.32. The minimum atomic E-state index is 1.11. The largest absolute Gasteiger partial charge is 0.358 e. The summed E-state index contributed by atoms with van der Waals surface area (Å²) in [6.45, 7) is 13.5. The van der Waals surface area contributed by atoms with Gasteiger partial charge >= 0.3 is 0 Å². The minimum Gasteiger partial charge on any atom is -0.358 e. The van der Waals surface area contributed by atoms with Gasteiger partial charge in [0.25, 0.3) is 0 Å². The predicted octanol–water partition coefficient (Wildman–Crippen LogP) is 7.61. The van der Waals surface area contributed by atoms with Crippen molar-refractivity contribution in [1.82, 2.24) is 9.80 Å². The Balaban J connectivity index is 4.02. The lowest BCUT2D eigenvalue weighted by molar-refractivity contribution is 0.410. The molecule has 6 heteroatoms. The Morgan fingerprint density at radius 3 is 1.07 bits per heavy atom. The molecule has 0 aliphatic carbocycles. The molecular weight excluding hydrogens is 421 g/mol. The van der Waals surface area contributed by atoms with Crippen molar-refractivity contribution in [2.45, 2.75) is 91.9 Å². The monoisotopic (exact) mass is 464 g/mol. The molecule has 0 atom stereocenters. The van der Waals surface area contributed by atoms with Crippen LogP contribution < -0.4 is 0 Å². The van der Waals surface area contributed by atoms with Crippen LogP contribution >= 0.6 is 48.0 Å². The zero-order valence-corrected chi connectivity index (χ0v) is 22.1. The van der Waals surface area contributed by atoms with Gasteiger partial charge in [-0.1, -0.05) is 101 Å². The molecular formula is C22H44N2S4. The molecule has 0 aromatic carbocycles. The molecule has 166 valence electrons. The van der Waals surface area contributed by atoms with E-state index in [4.69, 9.17) is 24.4 Å². The quantitative estimate of drug-likeness (QED) is 0.160. The van der Waals surface area contributed by atoms with E-state index in [0.29, 0.717) is 0 Å². The molecule has 0 aliphatic rings. The third kappa shape index (κ3) is 15.3. The van der Waals surface area contributed by atoms with Gasteiger partial charge < -0.3 is 9.80 Å². The predicted molar refractivity (Wildman–Crippen MR) is 142 cm³/mol. The molecule has 0 aromatic heterocycles. The summed E-state index contributed by atoms with van der Waals surface area (Å²) < 4.78 is 2.21. The number of hydrogen-bond acceptors (Lipinski definition) is 4. The van der Waals surface area contributed by atoms with Gasteiger partial charge in [0.1, 0.15) is 8.64 Å². The first-order chi connectivity index (χ1) is 13.6. The topological polar surface area (TPSA) is 6.48 Å². The maximum absolute atomic E-state index is 5.69. The van der Waals surface area contributed by atoms with E-state index in [-0.39, 0.29) is 0 Å². The van der Waals surface area contributed by atoms with Crippen LogP contribution in [0.5, 0.6) is 0 Å². The standard InChI is InChI=1S/C22H44N2S4/c1-5-9-15-23(16-10-6-2)21(25)27-19-13-14-20-28-22(26)24(17-11-7-3)18-12-8-4/h5-20H2,1-4H3. The van der Waals surface area contributed by atoms with E-state index >= 15 is 0 Å². The van der Waals surface area contributed by atoms with E-state index < -0.39 is 0 Å². The molecule has 0 rings (SSSR count). The minimum absolute atomic E-state index is 1.11. The van der Waals surface area contributed by atoms with Gasteiger partial charge in [0.15, 0.2) is 0 Å². The van der Waals surface area contributed by atoms with E-state index in [1.54, 1.807) is 0 Å². The van der Waals surface area contributed by atoms with Gasteiger partial charge in [0.2, 0.25) is 0 Å². The molecule has 0 spiro atoms. The highest BCUT2D eigenvalue weighted by Gasteiger charge is 2.10. The van der Waals surface area contributed by atoms with Gasteiger partial charge in [-0.15, -0.1) is 0 Å². The Morgan fingerprint density at radius 1 is 0.536 bits per heavy atom. The van der Waals surface area contributed by atoms with Crippen molar-refractivity contribution in [1.29, 1.82) is 0 Å². The van der Waals surface area contributed by atoms with Crippen molar-refractivity contribution in [2.24, 2.45) is 0 Å². The maximum Gasteiger partial charge on any atom is 0.136 e. The molecule has 0 saturated heterocycles. The third-order valence-corrected chi connectivity index (χ3v) is 7.85. The van der Waals surface area contributed by atoms with Crippen molar-refractivity contribution in [3.63, 3.8) is 0 Å². The SMILES string of the molecule is CCCCN(CCCC)C(=S)SCCCCSC(=S)N(CCCC)CCCC. The summed E-state index contributed by atoms with van der Waals surface area (Å²) in [5.41, 5.74) is 0. The van der Waals surface area contributed by atoms with Crippen molar-refractivity contribution in [2.75, 3.05) is 37.7 Å². The molecule has 0 fully saturated rings. The second-order valence-corrected chi connectivity index (χ2v) is 10.8. The lowest BCUT2D eigenvalue weighted by Crippen LogP contribution is -2.30. The van der Waals surface area contributed by atoms with Gasteiger partial charge in [0.05, 0.1) is 0 Å². The Bertz CT molecular complexity index is 339. The van der Waals surface area contributed by atoms with Crippen LogP contribution in [-0.2, 0) is 0 Å². The van der Waals surface area contributed by atoms with Crippen LogP contribution in [-0.4, -0.2) is 56.1 Å². The lowest BCUT2D eigenvalue weighted by Gasteiger charge is -2.25. The molecule has 0 bridgehead atoms. The van der Waals surface area contributed by atoms with Crippen LogP contribution in [0.1, 0.15) is 91.9 Å². The number of hydrogen-bond donors (Lipinski definition) is 0. The average molecular weight is 465 g/mol. The highest BCUT2D eigenvalue weighted by atomic mass is 32.2. The van der Waals surface area contributed by atoms with Crippen LogP contribution in [0.2, 0.25) is 0 Å². The van der Waals surface area contributed by atoms with Crippen molar-refractivity contribution < 1.29 is 0 Å². The summed E-state index contributed by atoms with van der Waals surface area (Å²) in [6, 6.07) is 0. The lowest BCUT2D eigenvalue weighted by atomic mass is 10.3. The average Bonchev–Trinajstić information content (AvgIpc) is 2.70. The van der Waals surface area contributed by atoms with Gasteiger partial charge in [0, 0.05) is 37.7 Å². The van der Waals surface area contributed by atoms with Crippen molar-refractivity contribution in [3.8, 4) is 0 Å². The van der Waals surface area contributed by atoms with E-state index in [1.165, 1.54) is 64.2 Å². The first-order valence-electron chi connectivity index (χ1n) is 11.4. The maximum atomic E-state index is 5.69. The number of thioether (sulfide) groups is 2. The molecule has 0 saturated carbocycles. The normalized spacial score (nSPS) is 10.9. The summed E-state index contributed by atoms with van der Waals surface area (Å²) in [5, 5.41) is 0. The summed E-state index contributed by atoms with van der Waals surface area (Å²) >= 11 is 15.1. The molecule has 0 aliphatic heterocycles. The summed E-state index contributed by atoms with van der Waals surface area (Å²) in [7, 11) is 0. The fraction of sp³-hybridized carbons (Fsp3) is 0.909. The molecule has 0 unspecified atom stereocenters. The number of rotatable bonds is 17. The van der Waals surface area contributed by atoms with Gasteiger partial charge in [-0.3, -0.25) is 0 Å². The smallest absolute Gasteiger partial charge is 0.136 e. The van der Waals surface area contributed by atoms with E-state index in [0.717, 1.165) is 46.3 Å². The molecule has 0 radical (unpaired) electrons. The van der Waals surface area contributed by atoms with Crippen LogP contribution in [0.4, 0.5) is 0 Å². The van der Waals surface area contributed by atoms with Crippen LogP contribution in [0.25, 0.3) is 0 Å². The van der Waals surface area contributed by atoms with Gasteiger partial charge in [-0.05, 0) is 38.5 Å². The van der Waals surface area contributed by atoms with Crippen LogP contribution in [0, 0.1) is 0 Å². The van der Waals surface area contributed by atoms with Crippen LogP contribution in [0.3, 0.4) is 0 Å². The summed E-state index contributed by atoms with van der Waals surface area (Å²) in [6.07, 6.45) is 12.4. The molecule has 0 aromatic rings. The number of thiocarbonyl (C=S) groups is 2. The number of nitrogens with zero attached hydrogens (tertiary/aromatic N) is 2. The molecule has 0 heterocycles. The zero-order valence-electron chi connectivity index (χ0n) is 18.8. The molecule has 0 amide bonds. The zero-order chi connectivity index (χ0) is 21.0. The van der Waals surface area contributed by atoms with E-state index in [2.05, 4.69) is 37.5 Å². The number of unbranched alkanes of at least 4 members (excludes halogenated alkanes) is 5. The highest BCUT2D eigenvalue weighted by Crippen LogP contribution is 2.17. The van der Waals surface area contributed by atoms with Crippen LogP contribution in [0.15, 0.2) is 0 Å². The Kier molecular flexibility index (Phi) is 21.1. The molecule has 28 heavy (non-hydrogen) atoms. The van der Waals surface area contributed by atoms with Gasteiger partial charge in [-0.2, -0.15) is 0 Å².